The third-order valence-electron chi connectivity index (χ3n) is 4.98. The van der Waals surface area contributed by atoms with Crippen molar-refractivity contribution in [2.45, 2.75) is 11.8 Å². The van der Waals surface area contributed by atoms with Crippen LogP contribution in [-0.4, -0.2) is 63.9 Å². The van der Waals surface area contributed by atoms with Gasteiger partial charge < -0.3 is 14.4 Å². The highest BCUT2D eigenvalue weighted by molar-refractivity contribution is 7.89. The van der Waals surface area contributed by atoms with E-state index >= 15 is 0 Å². The zero-order chi connectivity index (χ0) is 21.2. The average molecular weight is 422 g/mol. The van der Waals surface area contributed by atoms with Crippen LogP contribution in [0.5, 0.6) is 11.5 Å². The molecular formula is C20H23FN2O5S. The highest BCUT2D eigenvalue weighted by atomic mass is 32.2. The van der Waals surface area contributed by atoms with E-state index in [1.165, 1.54) is 30.7 Å². The fourth-order valence-corrected chi connectivity index (χ4v) is 4.70. The number of amides is 1. The molecule has 1 heterocycles. The molecule has 0 N–H and O–H groups in total. The van der Waals surface area contributed by atoms with Gasteiger partial charge in [0.25, 0.3) is 5.91 Å². The lowest BCUT2D eigenvalue weighted by atomic mass is 10.1. The molecule has 3 rings (SSSR count). The second-order valence-electron chi connectivity index (χ2n) is 6.66. The highest BCUT2D eigenvalue weighted by Crippen LogP contribution is 2.30. The lowest BCUT2D eigenvalue weighted by Gasteiger charge is -2.34. The minimum absolute atomic E-state index is 0.0340. The van der Waals surface area contributed by atoms with Gasteiger partial charge >= 0.3 is 0 Å². The molecule has 0 radical (unpaired) electrons. The van der Waals surface area contributed by atoms with Crippen LogP contribution < -0.4 is 9.47 Å². The molecule has 0 atom stereocenters. The van der Waals surface area contributed by atoms with Crippen LogP contribution >= 0.6 is 0 Å². The molecule has 0 spiro atoms. The molecule has 1 fully saturated rings. The van der Waals surface area contributed by atoms with Crippen molar-refractivity contribution >= 4 is 15.9 Å². The fourth-order valence-electron chi connectivity index (χ4n) is 3.28. The van der Waals surface area contributed by atoms with Crippen molar-refractivity contribution in [3.63, 3.8) is 0 Å². The topological polar surface area (TPSA) is 76.2 Å². The summed E-state index contributed by atoms with van der Waals surface area (Å²) in [5, 5.41) is 0. The van der Waals surface area contributed by atoms with E-state index in [1.807, 2.05) is 6.92 Å². The second kappa shape index (κ2) is 8.38. The van der Waals surface area contributed by atoms with Gasteiger partial charge in [0.15, 0.2) is 0 Å². The first-order valence-corrected chi connectivity index (χ1v) is 10.5. The summed E-state index contributed by atoms with van der Waals surface area (Å²) in [6.07, 6.45) is 0. The zero-order valence-electron chi connectivity index (χ0n) is 16.5. The maximum Gasteiger partial charge on any atom is 0.254 e. The summed E-state index contributed by atoms with van der Waals surface area (Å²) >= 11 is 0. The van der Waals surface area contributed by atoms with E-state index in [1.54, 1.807) is 17.0 Å². The first-order chi connectivity index (χ1) is 13.8. The van der Waals surface area contributed by atoms with Crippen molar-refractivity contribution in [3.05, 3.63) is 53.3 Å². The molecule has 29 heavy (non-hydrogen) atoms. The predicted octanol–water partition coefficient (Wildman–Crippen LogP) is 2.30. The van der Waals surface area contributed by atoms with Gasteiger partial charge in [0, 0.05) is 37.3 Å². The lowest BCUT2D eigenvalue weighted by Crippen LogP contribution is -2.50. The Morgan fingerprint density at radius 1 is 0.966 bits per heavy atom. The number of hydrogen-bond donors (Lipinski definition) is 0. The van der Waals surface area contributed by atoms with Crippen LogP contribution in [0.2, 0.25) is 0 Å². The molecule has 1 saturated heterocycles. The summed E-state index contributed by atoms with van der Waals surface area (Å²) in [4.78, 5) is 14.5. The number of halogens is 1. The molecule has 1 aliphatic heterocycles. The Kier molecular flexibility index (Phi) is 6.09. The molecule has 9 heteroatoms. The van der Waals surface area contributed by atoms with Crippen molar-refractivity contribution in [2.75, 3.05) is 40.4 Å². The Balaban J connectivity index is 1.74. The van der Waals surface area contributed by atoms with Crippen LogP contribution in [0.15, 0.2) is 41.3 Å². The maximum absolute atomic E-state index is 13.1. The summed E-state index contributed by atoms with van der Waals surface area (Å²) in [6.45, 7) is 2.65. The number of sulfonamides is 1. The molecule has 156 valence electrons. The molecule has 0 aromatic heterocycles. The van der Waals surface area contributed by atoms with Gasteiger partial charge in [-0.1, -0.05) is 0 Å². The maximum atomic E-state index is 13.1. The molecule has 2 aromatic rings. The number of carbonyl (C=O) groups is 1. The van der Waals surface area contributed by atoms with Gasteiger partial charge in [0.05, 0.1) is 19.1 Å². The van der Waals surface area contributed by atoms with Crippen LogP contribution in [0.1, 0.15) is 15.9 Å². The van der Waals surface area contributed by atoms with Crippen molar-refractivity contribution < 1.29 is 27.1 Å². The van der Waals surface area contributed by atoms with E-state index in [4.69, 9.17) is 9.47 Å². The van der Waals surface area contributed by atoms with Gasteiger partial charge in [0.1, 0.15) is 17.3 Å². The third-order valence-corrected chi connectivity index (χ3v) is 6.89. The third kappa shape index (κ3) is 4.20. The number of hydrogen-bond acceptors (Lipinski definition) is 5. The number of ether oxygens (including phenoxy) is 2. The number of piperazine rings is 1. The van der Waals surface area contributed by atoms with E-state index in [0.717, 1.165) is 17.7 Å². The molecule has 0 unspecified atom stereocenters. The summed E-state index contributed by atoms with van der Waals surface area (Å²) in [7, 11) is -0.685. The lowest BCUT2D eigenvalue weighted by molar-refractivity contribution is 0.0697. The van der Waals surface area contributed by atoms with Crippen LogP contribution in [0, 0.1) is 12.7 Å². The minimum Gasteiger partial charge on any atom is -0.496 e. The number of carbonyl (C=O) groups excluding carboxylic acids is 1. The molecule has 7 nitrogen and oxygen atoms in total. The Labute approximate surface area is 169 Å². The van der Waals surface area contributed by atoms with Gasteiger partial charge in [-0.15, -0.1) is 0 Å². The molecule has 0 bridgehead atoms. The summed E-state index contributed by atoms with van der Waals surface area (Å²) in [5.74, 6) is 0.374. The normalized spacial score (nSPS) is 15.2. The smallest absolute Gasteiger partial charge is 0.254 e. The quantitative estimate of drug-likeness (QED) is 0.739. The Morgan fingerprint density at radius 3 is 1.97 bits per heavy atom. The molecule has 1 amide bonds. The van der Waals surface area contributed by atoms with Gasteiger partial charge in [-0.05, 0) is 43.3 Å². The fraction of sp³-hybridized carbons (Fsp3) is 0.350. The first-order valence-electron chi connectivity index (χ1n) is 9.05. The van der Waals surface area contributed by atoms with E-state index in [2.05, 4.69) is 0 Å². The van der Waals surface area contributed by atoms with E-state index in [9.17, 15) is 17.6 Å². The summed E-state index contributed by atoms with van der Waals surface area (Å²) in [5.41, 5.74) is 1.21. The molecule has 0 saturated carbocycles. The van der Waals surface area contributed by atoms with E-state index in [0.29, 0.717) is 17.1 Å². The Bertz CT molecular complexity index is 975. The standard InChI is InChI=1S/C20H23FN2O5S/c1-14-18(27-2)12-15(13-19(14)28-3)20(24)22-8-10-23(11-9-22)29(25,26)17-6-4-16(21)5-7-17/h4-7,12-13H,8-11H2,1-3H3. The molecule has 2 aromatic carbocycles. The number of methoxy groups -OCH3 is 2. The van der Waals surface area contributed by atoms with Crippen LogP contribution in [0.3, 0.4) is 0 Å². The van der Waals surface area contributed by atoms with Crippen LogP contribution in [0.25, 0.3) is 0 Å². The van der Waals surface area contributed by atoms with Crippen molar-refractivity contribution in [1.82, 2.24) is 9.21 Å². The van der Waals surface area contributed by atoms with Crippen molar-refractivity contribution in [3.8, 4) is 11.5 Å². The summed E-state index contributed by atoms with van der Waals surface area (Å²) in [6, 6.07) is 8.03. The number of benzene rings is 2. The number of rotatable bonds is 5. The zero-order valence-corrected chi connectivity index (χ0v) is 17.3. The van der Waals surface area contributed by atoms with E-state index in [-0.39, 0.29) is 37.0 Å². The monoisotopic (exact) mass is 422 g/mol. The molecule has 1 aliphatic rings. The molecule has 0 aliphatic carbocycles. The highest BCUT2D eigenvalue weighted by Gasteiger charge is 2.31. The van der Waals surface area contributed by atoms with Crippen LogP contribution in [0.4, 0.5) is 4.39 Å². The predicted molar refractivity (Wildman–Crippen MR) is 105 cm³/mol. The van der Waals surface area contributed by atoms with E-state index < -0.39 is 15.8 Å². The minimum atomic E-state index is -3.73. The van der Waals surface area contributed by atoms with Gasteiger partial charge in [-0.25, -0.2) is 12.8 Å². The van der Waals surface area contributed by atoms with Crippen molar-refractivity contribution in [2.24, 2.45) is 0 Å². The van der Waals surface area contributed by atoms with Gasteiger partial charge in [-0.2, -0.15) is 4.31 Å². The second-order valence-corrected chi connectivity index (χ2v) is 8.59. The van der Waals surface area contributed by atoms with Crippen molar-refractivity contribution in [1.29, 1.82) is 0 Å². The van der Waals surface area contributed by atoms with Gasteiger partial charge in [-0.3, -0.25) is 4.79 Å². The largest absolute Gasteiger partial charge is 0.496 e. The number of nitrogens with zero attached hydrogens (tertiary/aromatic N) is 2. The average Bonchev–Trinajstić information content (AvgIpc) is 2.73. The first kappa shape index (κ1) is 21.1. The SMILES string of the molecule is COc1cc(C(=O)N2CCN(S(=O)(=O)c3ccc(F)cc3)CC2)cc(OC)c1C. The van der Waals surface area contributed by atoms with Gasteiger partial charge in [0.2, 0.25) is 10.0 Å². The van der Waals surface area contributed by atoms with Crippen LogP contribution in [-0.2, 0) is 10.0 Å². The summed E-state index contributed by atoms with van der Waals surface area (Å²) < 4.78 is 50.5. The Hall–Kier alpha value is -2.65. The molecular weight excluding hydrogens is 399 g/mol. The Morgan fingerprint density at radius 2 is 1.48 bits per heavy atom.